The van der Waals surface area contributed by atoms with Gasteiger partial charge in [-0.1, -0.05) is 42.8 Å². The van der Waals surface area contributed by atoms with E-state index in [-0.39, 0.29) is 11.8 Å². The maximum Gasteiger partial charge on any atom is 0.251 e. The number of amides is 2. The SMILES string of the molecule is CCc1ccc(CN(C)C(=O)CCCNC(=O)c2ccc(Cl)cc2)cc1. The van der Waals surface area contributed by atoms with Gasteiger partial charge in [0.05, 0.1) is 0 Å². The van der Waals surface area contributed by atoms with Crippen LogP contribution in [0.4, 0.5) is 0 Å². The molecule has 2 rings (SSSR count). The number of halogens is 1. The Bertz CT molecular complexity index is 727. The second-order valence-corrected chi connectivity index (χ2v) is 6.72. The number of hydrogen-bond donors (Lipinski definition) is 1. The van der Waals surface area contributed by atoms with E-state index in [1.807, 2.05) is 7.05 Å². The summed E-state index contributed by atoms with van der Waals surface area (Å²) < 4.78 is 0. The van der Waals surface area contributed by atoms with Crippen LogP contribution in [-0.4, -0.2) is 30.3 Å². The summed E-state index contributed by atoms with van der Waals surface area (Å²) in [6.45, 7) is 3.18. The van der Waals surface area contributed by atoms with Crippen molar-refractivity contribution in [1.29, 1.82) is 0 Å². The van der Waals surface area contributed by atoms with Crippen molar-refractivity contribution in [2.45, 2.75) is 32.7 Å². The highest BCUT2D eigenvalue weighted by Crippen LogP contribution is 2.10. The zero-order valence-corrected chi connectivity index (χ0v) is 16.1. The molecule has 0 spiro atoms. The molecule has 0 unspecified atom stereocenters. The van der Waals surface area contributed by atoms with Gasteiger partial charge in [0.2, 0.25) is 5.91 Å². The van der Waals surface area contributed by atoms with Crippen LogP contribution in [0.3, 0.4) is 0 Å². The summed E-state index contributed by atoms with van der Waals surface area (Å²) in [5, 5.41) is 3.42. The van der Waals surface area contributed by atoms with Crippen LogP contribution in [0.1, 0.15) is 41.3 Å². The molecular weight excluding hydrogens is 348 g/mol. The van der Waals surface area contributed by atoms with Crippen LogP contribution >= 0.6 is 11.6 Å². The molecule has 4 nitrogen and oxygen atoms in total. The molecule has 0 aromatic heterocycles. The fourth-order valence-corrected chi connectivity index (χ4v) is 2.70. The predicted octanol–water partition coefficient (Wildman–Crippen LogP) is 4.07. The van der Waals surface area contributed by atoms with Gasteiger partial charge < -0.3 is 10.2 Å². The first-order valence-corrected chi connectivity index (χ1v) is 9.23. The minimum Gasteiger partial charge on any atom is -0.352 e. The van der Waals surface area contributed by atoms with Gasteiger partial charge in [0.25, 0.3) is 5.91 Å². The average molecular weight is 373 g/mol. The minimum atomic E-state index is -0.154. The molecule has 0 aliphatic heterocycles. The molecule has 26 heavy (non-hydrogen) atoms. The zero-order valence-electron chi connectivity index (χ0n) is 15.3. The lowest BCUT2D eigenvalue weighted by molar-refractivity contribution is -0.130. The van der Waals surface area contributed by atoms with E-state index in [1.54, 1.807) is 29.2 Å². The molecule has 138 valence electrons. The lowest BCUT2D eigenvalue weighted by atomic mass is 10.1. The third kappa shape index (κ3) is 6.19. The number of carbonyl (C=O) groups is 2. The molecule has 0 atom stereocenters. The molecule has 5 heteroatoms. The van der Waals surface area contributed by atoms with Crippen LogP contribution in [-0.2, 0) is 17.8 Å². The number of aryl methyl sites for hydroxylation is 1. The maximum atomic E-state index is 12.2. The van der Waals surface area contributed by atoms with Crippen LogP contribution < -0.4 is 5.32 Å². The maximum absolute atomic E-state index is 12.2. The molecule has 2 aromatic carbocycles. The quantitative estimate of drug-likeness (QED) is 0.710. The summed E-state index contributed by atoms with van der Waals surface area (Å²) in [5.41, 5.74) is 2.97. The lowest BCUT2D eigenvalue weighted by Crippen LogP contribution is -2.28. The van der Waals surface area contributed by atoms with Crippen molar-refractivity contribution in [2.75, 3.05) is 13.6 Å². The molecule has 0 bridgehead atoms. The average Bonchev–Trinajstić information content (AvgIpc) is 2.66. The second-order valence-electron chi connectivity index (χ2n) is 6.29. The Morgan fingerprint density at radius 3 is 2.23 bits per heavy atom. The van der Waals surface area contributed by atoms with Gasteiger partial charge in [-0.2, -0.15) is 0 Å². The van der Waals surface area contributed by atoms with E-state index in [1.165, 1.54) is 5.56 Å². The highest BCUT2D eigenvalue weighted by Gasteiger charge is 2.10. The van der Waals surface area contributed by atoms with Crippen molar-refractivity contribution in [2.24, 2.45) is 0 Å². The van der Waals surface area contributed by atoms with Crippen molar-refractivity contribution in [3.8, 4) is 0 Å². The third-order valence-corrected chi connectivity index (χ3v) is 4.49. The van der Waals surface area contributed by atoms with Gasteiger partial charge in [-0.05, 0) is 48.2 Å². The normalized spacial score (nSPS) is 10.4. The number of rotatable bonds is 8. The zero-order chi connectivity index (χ0) is 18.9. The molecule has 2 amide bonds. The predicted molar refractivity (Wildman–Crippen MR) is 105 cm³/mol. The molecule has 0 aliphatic carbocycles. The van der Waals surface area contributed by atoms with Gasteiger partial charge in [0, 0.05) is 37.1 Å². The summed E-state index contributed by atoms with van der Waals surface area (Å²) in [7, 11) is 1.81. The monoisotopic (exact) mass is 372 g/mol. The third-order valence-electron chi connectivity index (χ3n) is 4.24. The number of nitrogens with one attached hydrogen (secondary N) is 1. The first kappa shape index (κ1) is 20.0. The van der Waals surface area contributed by atoms with Crippen molar-refractivity contribution in [1.82, 2.24) is 10.2 Å². The molecule has 2 aromatic rings. The Balaban J connectivity index is 1.70. The molecule has 0 aliphatic rings. The van der Waals surface area contributed by atoms with Crippen molar-refractivity contribution in [3.63, 3.8) is 0 Å². The van der Waals surface area contributed by atoms with E-state index >= 15 is 0 Å². The fraction of sp³-hybridized carbons (Fsp3) is 0.333. The molecule has 0 saturated heterocycles. The Labute approximate surface area is 160 Å². The lowest BCUT2D eigenvalue weighted by Gasteiger charge is -2.17. The fourth-order valence-electron chi connectivity index (χ4n) is 2.58. The minimum absolute atomic E-state index is 0.0744. The Morgan fingerprint density at radius 1 is 1.00 bits per heavy atom. The van der Waals surface area contributed by atoms with Gasteiger partial charge >= 0.3 is 0 Å². The van der Waals surface area contributed by atoms with E-state index in [0.717, 1.165) is 12.0 Å². The summed E-state index contributed by atoms with van der Waals surface area (Å²) in [6.07, 6.45) is 2.03. The summed E-state index contributed by atoms with van der Waals surface area (Å²) in [5.74, 6) is -0.0798. The summed E-state index contributed by atoms with van der Waals surface area (Å²) in [4.78, 5) is 25.9. The van der Waals surface area contributed by atoms with Crippen LogP contribution in [0.2, 0.25) is 5.02 Å². The largest absolute Gasteiger partial charge is 0.352 e. The number of hydrogen-bond acceptors (Lipinski definition) is 2. The van der Waals surface area contributed by atoms with Gasteiger partial charge in [-0.3, -0.25) is 9.59 Å². The highest BCUT2D eigenvalue weighted by molar-refractivity contribution is 6.30. The van der Waals surface area contributed by atoms with Gasteiger partial charge in [-0.25, -0.2) is 0 Å². The first-order chi connectivity index (χ1) is 12.5. The molecule has 0 heterocycles. The van der Waals surface area contributed by atoms with E-state index in [9.17, 15) is 9.59 Å². The van der Waals surface area contributed by atoms with Crippen molar-refractivity contribution < 1.29 is 9.59 Å². The second kappa shape index (κ2) is 9.97. The van der Waals surface area contributed by atoms with E-state index in [4.69, 9.17) is 11.6 Å². The smallest absolute Gasteiger partial charge is 0.251 e. The van der Waals surface area contributed by atoms with E-state index in [2.05, 4.69) is 36.5 Å². The first-order valence-electron chi connectivity index (χ1n) is 8.85. The van der Waals surface area contributed by atoms with Gasteiger partial charge in [0.15, 0.2) is 0 Å². The van der Waals surface area contributed by atoms with E-state index < -0.39 is 0 Å². The van der Waals surface area contributed by atoms with Crippen molar-refractivity contribution in [3.05, 3.63) is 70.2 Å². The Hall–Kier alpha value is -2.33. The van der Waals surface area contributed by atoms with Gasteiger partial charge in [-0.15, -0.1) is 0 Å². The van der Waals surface area contributed by atoms with Crippen LogP contribution in [0.15, 0.2) is 48.5 Å². The van der Waals surface area contributed by atoms with Crippen LogP contribution in [0.25, 0.3) is 0 Å². The summed E-state index contributed by atoms with van der Waals surface area (Å²) >= 11 is 5.81. The number of carbonyl (C=O) groups excluding carboxylic acids is 2. The van der Waals surface area contributed by atoms with Crippen molar-refractivity contribution >= 4 is 23.4 Å². The molecular formula is C21H25ClN2O2. The molecule has 0 saturated carbocycles. The van der Waals surface area contributed by atoms with Crippen LogP contribution in [0.5, 0.6) is 0 Å². The molecule has 1 N–H and O–H groups in total. The Morgan fingerprint density at radius 2 is 1.62 bits per heavy atom. The standard InChI is InChI=1S/C21H25ClN2O2/c1-3-16-6-8-17(9-7-16)15-24(2)20(25)5-4-14-23-21(26)18-10-12-19(22)13-11-18/h6-13H,3-5,14-15H2,1-2H3,(H,23,26). The molecule has 0 fully saturated rings. The summed E-state index contributed by atoms with van der Waals surface area (Å²) in [6, 6.07) is 15.1. The number of nitrogens with zero attached hydrogens (tertiary/aromatic N) is 1. The Kier molecular flexibility index (Phi) is 7.67. The van der Waals surface area contributed by atoms with Crippen LogP contribution in [0, 0.1) is 0 Å². The topological polar surface area (TPSA) is 49.4 Å². The molecule has 0 radical (unpaired) electrons. The van der Waals surface area contributed by atoms with Gasteiger partial charge in [0.1, 0.15) is 0 Å². The van der Waals surface area contributed by atoms with E-state index in [0.29, 0.717) is 36.5 Å². The highest BCUT2D eigenvalue weighted by atomic mass is 35.5. The number of benzene rings is 2.